The molecule has 1 aromatic heterocycles. The number of ether oxygens (including phenoxy) is 2. The second-order valence-corrected chi connectivity index (χ2v) is 5.19. The lowest BCUT2D eigenvalue weighted by Crippen LogP contribution is -2.35. The van der Waals surface area contributed by atoms with Gasteiger partial charge in [-0.25, -0.2) is 4.98 Å². The fraction of sp³-hybridized carbons (Fsp3) is 0.643. The molecule has 0 bridgehead atoms. The fourth-order valence-electron chi connectivity index (χ4n) is 2.34. The second kappa shape index (κ2) is 5.67. The minimum atomic E-state index is 0.00896. The van der Waals surface area contributed by atoms with Crippen molar-refractivity contribution >= 4 is 0 Å². The second-order valence-electron chi connectivity index (χ2n) is 5.19. The minimum absolute atomic E-state index is 0.00896. The van der Waals surface area contributed by atoms with Crippen molar-refractivity contribution in [2.24, 2.45) is 5.73 Å². The molecular weight excluding hydrogens is 228 g/mol. The Bertz CT molecular complexity index is 368. The highest BCUT2D eigenvalue weighted by atomic mass is 16.5. The molecule has 0 spiro atoms. The lowest BCUT2D eigenvalue weighted by atomic mass is 10.0. The Morgan fingerprint density at radius 3 is 2.50 bits per heavy atom. The zero-order valence-corrected chi connectivity index (χ0v) is 11.3. The van der Waals surface area contributed by atoms with Crippen LogP contribution in [0.5, 0.6) is 5.88 Å². The molecule has 0 aromatic carbocycles. The summed E-state index contributed by atoms with van der Waals surface area (Å²) in [6.45, 7) is 6.11. The van der Waals surface area contributed by atoms with Crippen molar-refractivity contribution in [3.05, 3.63) is 23.9 Å². The summed E-state index contributed by atoms with van der Waals surface area (Å²) in [4.78, 5) is 4.30. The molecule has 18 heavy (non-hydrogen) atoms. The van der Waals surface area contributed by atoms with Crippen molar-refractivity contribution in [3.8, 4) is 5.88 Å². The molecule has 1 saturated heterocycles. The van der Waals surface area contributed by atoms with Gasteiger partial charge >= 0.3 is 0 Å². The van der Waals surface area contributed by atoms with Crippen LogP contribution in [0.15, 0.2) is 18.3 Å². The number of hydrogen-bond acceptors (Lipinski definition) is 4. The van der Waals surface area contributed by atoms with Crippen LogP contribution in [-0.2, 0) is 4.74 Å². The largest absolute Gasteiger partial charge is 0.474 e. The third kappa shape index (κ3) is 3.43. The number of nitrogens with zero attached hydrogens (tertiary/aromatic N) is 1. The van der Waals surface area contributed by atoms with E-state index in [0.717, 1.165) is 18.4 Å². The maximum absolute atomic E-state index is 5.90. The van der Waals surface area contributed by atoms with Crippen LogP contribution in [0, 0.1) is 0 Å². The van der Waals surface area contributed by atoms with E-state index in [1.54, 1.807) is 6.20 Å². The third-order valence-electron chi connectivity index (χ3n) is 3.23. The van der Waals surface area contributed by atoms with Crippen LogP contribution in [0.2, 0.25) is 0 Å². The van der Waals surface area contributed by atoms with E-state index in [4.69, 9.17) is 15.2 Å². The van der Waals surface area contributed by atoms with Gasteiger partial charge in [-0.1, -0.05) is 6.07 Å². The van der Waals surface area contributed by atoms with Gasteiger partial charge in [0.1, 0.15) is 6.10 Å². The standard InChI is InChI=1S/C14H22N2O2/c1-9-6-13(7-10(2)17-9)18-14-5-4-12(8-16-14)11(3)15/h4-5,8-11,13H,6-7,15H2,1-3H3/t9?,10?,11-,13?/m0/s1. The maximum atomic E-state index is 5.90. The highest BCUT2D eigenvalue weighted by Gasteiger charge is 2.26. The van der Waals surface area contributed by atoms with Crippen molar-refractivity contribution in [3.63, 3.8) is 0 Å². The Hall–Kier alpha value is -1.13. The highest BCUT2D eigenvalue weighted by Crippen LogP contribution is 2.23. The van der Waals surface area contributed by atoms with Gasteiger partial charge in [-0.2, -0.15) is 0 Å². The molecule has 3 atom stereocenters. The van der Waals surface area contributed by atoms with E-state index in [1.807, 2.05) is 19.1 Å². The van der Waals surface area contributed by atoms with E-state index >= 15 is 0 Å². The van der Waals surface area contributed by atoms with Crippen molar-refractivity contribution in [2.75, 3.05) is 0 Å². The normalized spacial score (nSPS) is 29.9. The summed E-state index contributed by atoms with van der Waals surface area (Å²) in [5.41, 5.74) is 6.81. The highest BCUT2D eigenvalue weighted by molar-refractivity contribution is 5.20. The number of aromatic nitrogens is 1. The average molecular weight is 250 g/mol. The number of nitrogens with two attached hydrogens (primary N) is 1. The Morgan fingerprint density at radius 1 is 1.33 bits per heavy atom. The molecule has 4 heteroatoms. The predicted molar refractivity (Wildman–Crippen MR) is 70.5 cm³/mol. The van der Waals surface area contributed by atoms with Gasteiger partial charge in [-0.05, 0) is 26.3 Å². The van der Waals surface area contributed by atoms with E-state index < -0.39 is 0 Å². The van der Waals surface area contributed by atoms with Gasteiger partial charge in [0.25, 0.3) is 0 Å². The Kier molecular flexibility index (Phi) is 4.19. The van der Waals surface area contributed by atoms with Gasteiger partial charge in [-0.15, -0.1) is 0 Å². The van der Waals surface area contributed by atoms with E-state index in [9.17, 15) is 0 Å². The van der Waals surface area contributed by atoms with Gasteiger partial charge in [0, 0.05) is 31.1 Å². The molecular formula is C14H22N2O2. The number of hydrogen-bond donors (Lipinski definition) is 1. The molecule has 100 valence electrons. The maximum Gasteiger partial charge on any atom is 0.213 e. The molecule has 2 rings (SSSR count). The molecule has 2 heterocycles. The zero-order chi connectivity index (χ0) is 13.1. The molecule has 4 nitrogen and oxygen atoms in total. The topological polar surface area (TPSA) is 57.4 Å². The number of pyridine rings is 1. The quantitative estimate of drug-likeness (QED) is 0.895. The summed E-state index contributed by atoms with van der Waals surface area (Å²) in [5.74, 6) is 0.672. The van der Waals surface area contributed by atoms with Crippen molar-refractivity contribution in [1.29, 1.82) is 0 Å². The Morgan fingerprint density at radius 2 is 2.00 bits per heavy atom. The third-order valence-corrected chi connectivity index (χ3v) is 3.23. The first-order chi connectivity index (χ1) is 8.54. The van der Waals surface area contributed by atoms with Crippen LogP contribution >= 0.6 is 0 Å². The molecule has 1 aliphatic rings. The van der Waals surface area contributed by atoms with Crippen LogP contribution in [0.3, 0.4) is 0 Å². The van der Waals surface area contributed by atoms with Crippen molar-refractivity contribution < 1.29 is 9.47 Å². The van der Waals surface area contributed by atoms with Crippen LogP contribution in [0.25, 0.3) is 0 Å². The van der Waals surface area contributed by atoms with Gasteiger partial charge in [0.05, 0.1) is 12.2 Å². The Balaban J connectivity index is 1.96. The molecule has 0 saturated carbocycles. The van der Waals surface area contributed by atoms with Crippen LogP contribution in [-0.4, -0.2) is 23.3 Å². The van der Waals surface area contributed by atoms with Crippen molar-refractivity contribution in [1.82, 2.24) is 4.98 Å². The minimum Gasteiger partial charge on any atom is -0.474 e. The summed E-state index contributed by atoms with van der Waals surface area (Å²) >= 11 is 0. The summed E-state index contributed by atoms with van der Waals surface area (Å²) in [6, 6.07) is 3.87. The monoisotopic (exact) mass is 250 g/mol. The van der Waals surface area contributed by atoms with Crippen molar-refractivity contribution in [2.45, 2.75) is 58.0 Å². The smallest absolute Gasteiger partial charge is 0.213 e. The van der Waals surface area contributed by atoms with Gasteiger partial charge in [-0.3, -0.25) is 0 Å². The van der Waals surface area contributed by atoms with Gasteiger partial charge in [0.15, 0.2) is 0 Å². The lowest BCUT2D eigenvalue weighted by Gasteiger charge is -2.31. The van der Waals surface area contributed by atoms with E-state index in [-0.39, 0.29) is 24.4 Å². The Labute approximate surface area is 108 Å². The number of rotatable bonds is 3. The fourth-order valence-corrected chi connectivity index (χ4v) is 2.34. The molecule has 1 aromatic rings. The molecule has 2 unspecified atom stereocenters. The molecule has 2 N–H and O–H groups in total. The summed E-state index contributed by atoms with van der Waals surface area (Å²) in [5, 5.41) is 0. The van der Waals surface area contributed by atoms with E-state index in [0.29, 0.717) is 5.88 Å². The van der Waals surface area contributed by atoms with Crippen LogP contribution in [0.4, 0.5) is 0 Å². The predicted octanol–water partition coefficient (Wildman–Crippen LogP) is 2.44. The first-order valence-corrected chi connectivity index (χ1v) is 6.58. The molecule has 0 amide bonds. The first-order valence-electron chi connectivity index (χ1n) is 6.58. The van der Waals surface area contributed by atoms with Crippen LogP contribution in [0.1, 0.15) is 45.2 Å². The van der Waals surface area contributed by atoms with Gasteiger partial charge < -0.3 is 15.2 Å². The van der Waals surface area contributed by atoms with Gasteiger partial charge in [0.2, 0.25) is 5.88 Å². The van der Waals surface area contributed by atoms with E-state index in [1.165, 1.54) is 0 Å². The average Bonchev–Trinajstić information content (AvgIpc) is 2.28. The summed E-state index contributed by atoms with van der Waals surface area (Å²) < 4.78 is 11.6. The molecule has 0 radical (unpaired) electrons. The first kappa shape index (κ1) is 13.3. The summed E-state index contributed by atoms with van der Waals surface area (Å²) in [6.07, 6.45) is 4.32. The lowest BCUT2D eigenvalue weighted by molar-refractivity contribution is -0.0729. The zero-order valence-electron chi connectivity index (χ0n) is 11.3. The van der Waals surface area contributed by atoms with E-state index in [2.05, 4.69) is 18.8 Å². The molecule has 1 fully saturated rings. The summed E-state index contributed by atoms with van der Waals surface area (Å²) in [7, 11) is 0. The SMILES string of the molecule is CC1CC(Oc2ccc([C@H](C)N)cn2)CC(C)O1. The molecule has 0 aliphatic carbocycles. The molecule has 1 aliphatic heterocycles. The van der Waals surface area contributed by atoms with Crippen LogP contribution < -0.4 is 10.5 Å².